The lowest BCUT2D eigenvalue weighted by Gasteiger charge is -2.02. The van der Waals surface area contributed by atoms with Gasteiger partial charge in [0.05, 0.1) is 17.1 Å². The van der Waals surface area contributed by atoms with Crippen molar-refractivity contribution < 1.29 is 4.79 Å². The molecule has 0 saturated carbocycles. The van der Waals surface area contributed by atoms with Crippen molar-refractivity contribution in [3.63, 3.8) is 0 Å². The van der Waals surface area contributed by atoms with Gasteiger partial charge < -0.3 is 5.32 Å². The van der Waals surface area contributed by atoms with E-state index in [2.05, 4.69) is 20.6 Å². The molecule has 23 heavy (non-hydrogen) atoms. The molecule has 1 N–H and O–H groups in total. The van der Waals surface area contributed by atoms with Gasteiger partial charge >= 0.3 is 0 Å². The molecule has 0 aliphatic rings. The second-order valence-electron chi connectivity index (χ2n) is 4.92. The summed E-state index contributed by atoms with van der Waals surface area (Å²) < 4.78 is 1.72. The van der Waals surface area contributed by atoms with Crippen molar-refractivity contribution in [2.24, 2.45) is 0 Å². The first-order valence-electron chi connectivity index (χ1n) is 6.89. The van der Waals surface area contributed by atoms with Crippen LogP contribution in [-0.4, -0.2) is 32.9 Å². The van der Waals surface area contributed by atoms with Crippen LogP contribution in [0.25, 0.3) is 16.4 Å². The predicted molar refractivity (Wildman–Crippen MR) is 90.3 cm³/mol. The van der Waals surface area contributed by atoms with Gasteiger partial charge in [0, 0.05) is 12.1 Å². The second kappa shape index (κ2) is 6.10. The maximum Gasteiger partial charge on any atom is 0.263 e. The summed E-state index contributed by atoms with van der Waals surface area (Å²) in [6.45, 7) is 3.73. The third kappa shape index (κ3) is 2.85. The second-order valence-corrected chi connectivity index (χ2v) is 6.36. The average Bonchev–Trinajstić information content (AvgIpc) is 3.10. The van der Waals surface area contributed by atoms with E-state index in [0.717, 1.165) is 11.4 Å². The number of hydrogen-bond donors (Lipinski definition) is 1. The molecule has 2 aromatic heterocycles. The molecule has 0 fully saturated rings. The Kier molecular flexibility index (Phi) is 4.14. The summed E-state index contributed by atoms with van der Waals surface area (Å²) >= 11 is 7.22. The van der Waals surface area contributed by atoms with Gasteiger partial charge in [0.1, 0.15) is 15.6 Å². The fraction of sp³-hybridized carbons (Fsp3) is 0.200. The molecule has 0 radical (unpaired) electrons. The smallest absolute Gasteiger partial charge is 0.263 e. The molecule has 3 rings (SSSR count). The summed E-state index contributed by atoms with van der Waals surface area (Å²) in [6, 6.07) is 7.34. The highest BCUT2D eigenvalue weighted by Gasteiger charge is 2.20. The average molecular weight is 348 g/mol. The van der Waals surface area contributed by atoms with Crippen LogP contribution in [0, 0.1) is 13.8 Å². The van der Waals surface area contributed by atoms with Gasteiger partial charge in [0.2, 0.25) is 0 Å². The number of halogens is 1. The Hall–Kier alpha value is -2.25. The van der Waals surface area contributed by atoms with Crippen molar-refractivity contribution in [2.75, 3.05) is 7.05 Å². The minimum Gasteiger partial charge on any atom is -0.354 e. The van der Waals surface area contributed by atoms with Gasteiger partial charge in [-0.3, -0.25) is 4.79 Å². The van der Waals surface area contributed by atoms with Crippen LogP contribution in [0.2, 0.25) is 5.02 Å². The Labute approximate surface area is 142 Å². The maximum atomic E-state index is 11.8. The van der Waals surface area contributed by atoms with Gasteiger partial charge in [-0.2, -0.15) is 0 Å². The van der Waals surface area contributed by atoms with Crippen LogP contribution < -0.4 is 5.32 Å². The topological polar surface area (TPSA) is 72.7 Å². The standard InChI is InChI=1S/C15H14ClN5OS/c1-8-13(14(22)17-3)23-15(18-8)12-9(2)21(20-19-12)11-6-4-10(16)5-7-11/h4-7H,1-3H3,(H,17,22). The molecular weight excluding hydrogens is 334 g/mol. The monoisotopic (exact) mass is 347 g/mol. The Balaban J connectivity index is 2.02. The Morgan fingerprint density at radius 1 is 1.26 bits per heavy atom. The number of aromatic nitrogens is 4. The molecule has 0 aliphatic heterocycles. The number of carbonyl (C=O) groups excluding carboxylic acids is 1. The van der Waals surface area contributed by atoms with E-state index in [-0.39, 0.29) is 5.91 Å². The van der Waals surface area contributed by atoms with Crippen LogP contribution in [0.1, 0.15) is 21.1 Å². The van der Waals surface area contributed by atoms with E-state index in [0.29, 0.717) is 26.3 Å². The van der Waals surface area contributed by atoms with Crippen molar-refractivity contribution in [3.05, 3.63) is 45.6 Å². The summed E-state index contributed by atoms with van der Waals surface area (Å²) in [4.78, 5) is 16.9. The van der Waals surface area contributed by atoms with Crippen LogP contribution in [0.3, 0.4) is 0 Å². The van der Waals surface area contributed by atoms with E-state index >= 15 is 0 Å². The lowest BCUT2D eigenvalue weighted by atomic mass is 10.3. The van der Waals surface area contributed by atoms with E-state index in [1.54, 1.807) is 23.9 Å². The van der Waals surface area contributed by atoms with Gasteiger partial charge in [-0.15, -0.1) is 16.4 Å². The van der Waals surface area contributed by atoms with Crippen LogP contribution >= 0.6 is 22.9 Å². The molecule has 0 saturated heterocycles. The van der Waals surface area contributed by atoms with Crippen molar-refractivity contribution in [1.29, 1.82) is 0 Å². The molecule has 8 heteroatoms. The summed E-state index contributed by atoms with van der Waals surface area (Å²) in [5.41, 5.74) is 3.07. The van der Waals surface area contributed by atoms with Crippen LogP contribution in [0.15, 0.2) is 24.3 Å². The van der Waals surface area contributed by atoms with E-state index < -0.39 is 0 Å². The highest BCUT2D eigenvalue weighted by molar-refractivity contribution is 7.17. The largest absolute Gasteiger partial charge is 0.354 e. The van der Waals surface area contributed by atoms with Crippen LogP contribution in [-0.2, 0) is 0 Å². The lowest BCUT2D eigenvalue weighted by molar-refractivity contribution is 0.0966. The first-order chi connectivity index (χ1) is 11.0. The maximum absolute atomic E-state index is 11.8. The van der Waals surface area contributed by atoms with Crippen LogP contribution in [0.5, 0.6) is 0 Å². The van der Waals surface area contributed by atoms with E-state index in [9.17, 15) is 4.79 Å². The van der Waals surface area contributed by atoms with Crippen LogP contribution in [0.4, 0.5) is 0 Å². The van der Waals surface area contributed by atoms with Crippen molar-refractivity contribution >= 4 is 28.8 Å². The number of nitrogens with zero attached hydrogens (tertiary/aromatic N) is 4. The number of nitrogens with one attached hydrogen (secondary N) is 1. The molecular formula is C15H14ClN5OS. The highest BCUT2D eigenvalue weighted by Crippen LogP contribution is 2.29. The normalized spacial score (nSPS) is 10.8. The number of rotatable bonds is 3. The fourth-order valence-electron chi connectivity index (χ4n) is 2.18. The number of hydrogen-bond acceptors (Lipinski definition) is 5. The van der Waals surface area contributed by atoms with Crippen molar-refractivity contribution in [1.82, 2.24) is 25.3 Å². The van der Waals surface area contributed by atoms with Crippen molar-refractivity contribution in [3.8, 4) is 16.4 Å². The Morgan fingerprint density at radius 2 is 1.96 bits per heavy atom. The third-order valence-electron chi connectivity index (χ3n) is 3.40. The molecule has 118 valence electrons. The zero-order valence-corrected chi connectivity index (χ0v) is 14.4. The number of aryl methyl sites for hydroxylation is 1. The quantitative estimate of drug-likeness (QED) is 0.790. The predicted octanol–water partition coefficient (Wildman–Crippen LogP) is 3.02. The molecule has 0 aliphatic carbocycles. The number of amides is 1. The van der Waals surface area contributed by atoms with E-state index in [4.69, 9.17) is 11.6 Å². The minimum absolute atomic E-state index is 0.144. The fourth-order valence-corrected chi connectivity index (χ4v) is 3.35. The molecule has 2 heterocycles. The summed E-state index contributed by atoms with van der Waals surface area (Å²) in [5, 5.41) is 12.4. The lowest BCUT2D eigenvalue weighted by Crippen LogP contribution is -2.17. The zero-order chi connectivity index (χ0) is 16.6. The molecule has 0 unspecified atom stereocenters. The van der Waals surface area contributed by atoms with Crippen molar-refractivity contribution in [2.45, 2.75) is 13.8 Å². The summed E-state index contributed by atoms with van der Waals surface area (Å²) in [5.74, 6) is -0.144. The SMILES string of the molecule is CNC(=O)c1sc(-c2nnn(-c3ccc(Cl)cc3)c2C)nc1C. The molecule has 6 nitrogen and oxygen atoms in total. The van der Waals surface area contributed by atoms with Gasteiger partial charge in [0.15, 0.2) is 0 Å². The number of benzene rings is 1. The summed E-state index contributed by atoms with van der Waals surface area (Å²) in [6.07, 6.45) is 0. The first-order valence-corrected chi connectivity index (χ1v) is 8.09. The highest BCUT2D eigenvalue weighted by atomic mass is 35.5. The van der Waals surface area contributed by atoms with Gasteiger partial charge in [0.25, 0.3) is 5.91 Å². The molecule has 0 bridgehead atoms. The zero-order valence-electron chi connectivity index (χ0n) is 12.8. The van der Waals surface area contributed by atoms with E-state index in [1.165, 1.54) is 11.3 Å². The van der Waals surface area contributed by atoms with Gasteiger partial charge in [-0.05, 0) is 38.1 Å². The van der Waals surface area contributed by atoms with Gasteiger partial charge in [-0.25, -0.2) is 9.67 Å². The number of thiazole rings is 1. The Bertz CT molecular complexity index is 869. The summed E-state index contributed by atoms with van der Waals surface area (Å²) in [7, 11) is 1.60. The first kappa shape index (κ1) is 15.6. The third-order valence-corrected chi connectivity index (χ3v) is 4.81. The molecule has 0 spiro atoms. The Morgan fingerprint density at radius 3 is 2.61 bits per heavy atom. The van der Waals surface area contributed by atoms with Gasteiger partial charge in [-0.1, -0.05) is 16.8 Å². The number of carbonyl (C=O) groups is 1. The van der Waals surface area contributed by atoms with E-state index in [1.807, 2.05) is 26.0 Å². The molecule has 3 aromatic rings. The molecule has 0 atom stereocenters. The molecule has 1 amide bonds. The minimum atomic E-state index is -0.144. The molecule has 1 aromatic carbocycles.